The molecule has 0 bridgehead atoms. The van der Waals surface area contributed by atoms with E-state index in [4.69, 9.17) is 15.0 Å². The van der Waals surface area contributed by atoms with Crippen LogP contribution in [0.5, 0.6) is 0 Å². The van der Waals surface area contributed by atoms with Crippen LogP contribution in [-0.2, 0) is 5.41 Å². The van der Waals surface area contributed by atoms with Crippen molar-refractivity contribution in [3.05, 3.63) is 204 Å². The summed E-state index contributed by atoms with van der Waals surface area (Å²) < 4.78 is 0. The van der Waals surface area contributed by atoms with Crippen LogP contribution in [-0.4, -0.2) is 15.0 Å². The molecule has 0 N–H and O–H groups in total. The largest absolute Gasteiger partial charge is 0.208 e. The SMILES string of the molecule is C1=CC(c2cccc3c2-c2ccccc2C32c3ccccc3-c3ccccc32)CC=C1c1nc(-c2ccccc2)nc(-c2ccccc2)n1. The summed E-state index contributed by atoms with van der Waals surface area (Å²) in [5.74, 6) is 2.28. The highest BCUT2D eigenvalue weighted by atomic mass is 15.0. The van der Waals surface area contributed by atoms with Gasteiger partial charge in [-0.25, -0.2) is 15.0 Å². The van der Waals surface area contributed by atoms with Crippen LogP contribution in [0.1, 0.15) is 46.0 Å². The van der Waals surface area contributed by atoms with Crippen molar-refractivity contribution in [2.75, 3.05) is 0 Å². The van der Waals surface area contributed by atoms with Crippen LogP contribution in [0.15, 0.2) is 170 Å². The predicted octanol–water partition coefficient (Wildman–Crippen LogP) is 10.7. The summed E-state index contributed by atoms with van der Waals surface area (Å²) in [7, 11) is 0. The fraction of sp³-hybridized carbons (Fsp3) is 0.0652. The molecule has 6 aromatic carbocycles. The zero-order valence-corrected chi connectivity index (χ0v) is 26.8. The summed E-state index contributed by atoms with van der Waals surface area (Å²) in [6, 6.07) is 54.3. The molecular formula is C46H31N3. The van der Waals surface area contributed by atoms with Crippen LogP contribution in [0.4, 0.5) is 0 Å². The van der Waals surface area contributed by atoms with Gasteiger partial charge in [0.25, 0.3) is 0 Å². The molecule has 3 aliphatic carbocycles. The first-order chi connectivity index (χ1) is 24.3. The van der Waals surface area contributed by atoms with Gasteiger partial charge in [0, 0.05) is 22.6 Å². The Hall–Kier alpha value is -6.19. The molecule has 10 rings (SSSR count). The van der Waals surface area contributed by atoms with Gasteiger partial charge in [0.15, 0.2) is 17.5 Å². The molecule has 1 heterocycles. The highest BCUT2D eigenvalue weighted by Gasteiger charge is 2.52. The molecule has 0 saturated carbocycles. The number of aromatic nitrogens is 3. The number of hydrogen-bond acceptors (Lipinski definition) is 3. The zero-order chi connectivity index (χ0) is 32.4. The third-order valence-corrected chi connectivity index (χ3v) is 10.5. The van der Waals surface area contributed by atoms with Gasteiger partial charge < -0.3 is 0 Å². The fourth-order valence-electron chi connectivity index (χ4n) is 8.44. The maximum atomic E-state index is 4.99. The van der Waals surface area contributed by atoms with Crippen LogP contribution >= 0.6 is 0 Å². The minimum absolute atomic E-state index is 0.220. The van der Waals surface area contributed by atoms with Crippen molar-refractivity contribution >= 4 is 5.57 Å². The number of benzene rings is 6. The monoisotopic (exact) mass is 625 g/mol. The molecule has 230 valence electrons. The van der Waals surface area contributed by atoms with Crippen LogP contribution in [0.25, 0.3) is 50.6 Å². The molecule has 1 spiro atoms. The minimum Gasteiger partial charge on any atom is -0.208 e. The van der Waals surface area contributed by atoms with E-state index in [2.05, 4.69) is 133 Å². The van der Waals surface area contributed by atoms with E-state index in [-0.39, 0.29) is 11.3 Å². The number of rotatable bonds is 4. The van der Waals surface area contributed by atoms with Gasteiger partial charge in [-0.2, -0.15) is 0 Å². The van der Waals surface area contributed by atoms with Crippen molar-refractivity contribution in [2.45, 2.75) is 17.8 Å². The van der Waals surface area contributed by atoms with Crippen molar-refractivity contribution in [2.24, 2.45) is 0 Å². The van der Waals surface area contributed by atoms with Crippen LogP contribution in [0, 0.1) is 0 Å². The standard InChI is InChI=1S/C46H31N3/c1-3-14-31(15-4-1)43-47-44(32-16-5-2-6-17-32)49-45(48-43)33-28-26-30(27-29-33)34-21-13-25-41-42(34)37-20-9-12-24-40(37)46(41)38-22-10-7-18-35(38)36-19-8-11-23-39(36)46/h1-26,28-30H,27H2. The van der Waals surface area contributed by atoms with Gasteiger partial charge in [0.1, 0.15) is 0 Å². The van der Waals surface area contributed by atoms with Gasteiger partial charge in [-0.05, 0) is 56.5 Å². The maximum absolute atomic E-state index is 4.99. The lowest BCUT2D eigenvalue weighted by molar-refractivity contribution is 0.789. The topological polar surface area (TPSA) is 38.7 Å². The number of hydrogen-bond donors (Lipinski definition) is 0. The van der Waals surface area contributed by atoms with E-state index in [1.54, 1.807) is 0 Å². The molecule has 1 unspecified atom stereocenters. The summed E-state index contributed by atoms with van der Waals surface area (Å²) in [5.41, 5.74) is 14.9. The second-order valence-corrected chi connectivity index (χ2v) is 13.1. The van der Waals surface area contributed by atoms with E-state index in [9.17, 15) is 0 Å². The first kappa shape index (κ1) is 27.9. The van der Waals surface area contributed by atoms with E-state index in [0.29, 0.717) is 17.5 Å². The van der Waals surface area contributed by atoms with Gasteiger partial charge in [-0.15, -0.1) is 0 Å². The minimum atomic E-state index is -0.332. The first-order valence-electron chi connectivity index (χ1n) is 17.0. The van der Waals surface area contributed by atoms with Gasteiger partial charge >= 0.3 is 0 Å². The van der Waals surface area contributed by atoms with Crippen LogP contribution in [0.2, 0.25) is 0 Å². The van der Waals surface area contributed by atoms with Gasteiger partial charge in [-0.3, -0.25) is 0 Å². The van der Waals surface area contributed by atoms with E-state index in [1.807, 2.05) is 36.4 Å². The summed E-state index contributed by atoms with van der Waals surface area (Å²) in [6.45, 7) is 0. The highest BCUT2D eigenvalue weighted by Crippen LogP contribution is 2.63. The Morgan fingerprint density at radius 2 is 0.939 bits per heavy atom. The lowest BCUT2D eigenvalue weighted by Crippen LogP contribution is -2.25. The lowest BCUT2D eigenvalue weighted by atomic mass is 9.70. The average molecular weight is 626 g/mol. The summed E-state index contributed by atoms with van der Waals surface area (Å²) in [6.07, 6.45) is 7.73. The van der Waals surface area contributed by atoms with Gasteiger partial charge in [0.05, 0.1) is 5.41 Å². The fourth-order valence-corrected chi connectivity index (χ4v) is 8.44. The summed E-state index contributed by atoms with van der Waals surface area (Å²) in [4.78, 5) is 14.9. The number of allylic oxidation sites excluding steroid dienone is 4. The van der Waals surface area contributed by atoms with Crippen LogP contribution < -0.4 is 0 Å². The quantitative estimate of drug-likeness (QED) is 0.195. The smallest absolute Gasteiger partial charge is 0.164 e. The lowest BCUT2D eigenvalue weighted by Gasteiger charge is -2.30. The highest BCUT2D eigenvalue weighted by molar-refractivity contribution is 5.96. The maximum Gasteiger partial charge on any atom is 0.164 e. The van der Waals surface area contributed by atoms with Gasteiger partial charge in [0.2, 0.25) is 0 Å². The Bertz CT molecular complexity index is 2370. The Labute approximate surface area is 286 Å². The molecule has 3 heteroatoms. The molecule has 49 heavy (non-hydrogen) atoms. The molecule has 1 atom stereocenters. The van der Waals surface area contributed by atoms with Crippen LogP contribution in [0.3, 0.4) is 0 Å². The molecule has 0 saturated heterocycles. The second-order valence-electron chi connectivity index (χ2n) is 13.1. The Morgan fingerprint density at radius 3 is 1.51 bits per heavy atom. The number of fused-ring (bicyclic) bond motifs is 10. The summed E-state index contributed by atoms with van der Waals surface area (Å²) >= 11 is 0. The van der Waals surface area contributed by atoms with Crippen molar-refractivity contribution in [1.29, 1.82) is 0 Å². The molecule has 7 aromatic rings. The van der Waals surface area contributed by atoms with Crippen molar-refractivity contribution in [3.63, 3.8) is 0 Å². The Morgan fingerprint density at radius 1 is 0.449 bits per heavy atom. The van der Waals surface area contributed by atoms with E-state index in [0.717, 1.165) is 23.1 Å². The Balaban J connectivity index is 1.08. The average Bonchev–Trinajstić information content (AvgIpc) is 3.66. The van der Waals surface area contributed by atoms with E-state index < -0.39 is 0 Å². The van der Waals surface area contributed by atoms with E-state index in [1.165, 1.54) is 50.1 Å². The van der Waals surface area contributed by atoms with Crippen molar-refractivity contribution in [3.8, 4) is 45.0 Å². The third kappa shape index (κ3) is 4.12. The summed E-state index contributed by atoms with van der Waals surface area (Å²) in [5, 5.41) is 0. The molecular weight excluding hydrogens is 595 g/mol. The molecule has 0 fully saturated rings. The molecule has 0 radical (unpaired) electrons. The van der Waals surface area contributed by atoms with Crippen molar-refractivity contribution < 1.29 is 0 Å². The first-order valence-corrected chi connectivity index (χ1v) is 17.0. The van der Waals surface area contributed by atoms with Crippen molar-refractivity contribution in [1.82, 2.24) is 15.0 Å². The molecule has 3 aliphatic rings. The van der Waals surface area contributed by atoms with Gasteiger partial charge in [-0.1, -0.05) is 170 Å². The zero-order valence-electron chi connectivity index (χ0n) is 26.8. The third-order valence-electron chi connectivity index (χ3n) is 10.5. The second kappa shape index (κ2) is 10.9. The molecule has 0 amide bonds. The molecule has 1 aromatic heterocycles. The Kier molecular flexibility index (Phi) is 6.22. The molecule has 0 aliphatic heterocycles. The molecule has 3 nitrogen and oxygen atoms in total. The number of nitrogens with zero attached hydrogens (tertiary/aromatic N) is 3. The normalized spacial score (nSPS) is 16.1. The predicted molar refractivity (Wildman–Crippen MR) is 198 cm³/mol. The van der Waals surface area contributed by atoms with E-state index >= 15 is 0 Å².